The van der Waals surface area contributed by atoms with Crippen molar-refractivity contribution in [3.63, 3.8) is 0 Å². The molecule has 0 bridgehead atoms. The highest BCUT2D eigenvalue weighted by Gasteiger charge is 2.19. The summed E-state index contributed by atoms with van der Waals surface area (Å²) in [6, 6.07) is 13.6. The SMILES string of the molecule is Cc1cccc(S(=O)(=O)NCc2cccc(N)c2)c1C#N. The third kappa shape index (κ3) is 3.40. The molecule has 2 aromatic carbocycles. The summed E-state index contributed by atoms with van der Waals surface area (Å²) < 4.78 is 27.1. The number of nitrogen functional groups attached to an aromatic ring is 1. The van der Waals surface area contributed by atoms with Crippen molar-refractivity contribution < 1.29 is 8.42 Å². The molecule has 0 atom stereocenters. The van der Waals surface area contributed by atoms with Gasteiger partial charge in [-0.1, -0.05) is 24.3 Å². The number of nitrogens with zero attached hydrogens (tertiary/aromatic N) is 1. The Morgan fingerprint density at radius 3 is 2.62 bits per heavy atom. The summed E-state index contributed by atoms with van der Waals surface area (Å²) in [6.45, 7) is 1.82. The molecule has 0 spiro atoms. The van der Waals surface area contributed by atoms with Crippen LogP contribution in [0.25, 0.3) is 0 Å². The Kier molecular flexibility index (Phi) is 4.26. The van der Waals surface area contributed by atoms with Crippen molar-refractivity contribution in [1.29, 1.82) is 5.26 Å². The molecule has 21 heavy (non-hydrogen) atoms. The lowest BCUT2D eigenvalue weighted by Gasteiger charge is -2.10. The molecular weight excluding hydrogens is 286 g/mol. The first kappa shape index (κ1) is 15.0. The molecular formula is C15H15N3O2S. The number of nitriles is 1. The van der Waals surface area contributed by atoms with Crippen molar-refractivity contribution in [2.24, 2.45) is 0 Å². The molecule has 5 nitrogen and oxygen atoms in total. The van der Waals surface area contributed by atoms with Crippen LogP contribution in [0.4, 0.5) is 5.69 Å². The van der Waals surface area contributed by atoms with Gasteiger partial charge in [0.1, 0.15) is 11.0 Å². The highest BCUT2D eigenvalue weighted by atomic mass is 32.2. The maximum absolute atomic E-state index is 12.3. The van der Waals surface area contributed by atoms with Crippen LogP contribution >= 0.6 is 0 Å². The van der Waals surface area contributed by atoms with Gasteiger partial charge < -0.3 is 5.73 Å². The number of sulfonamides is 1. The van der Waals surface area contributed by atoms with Crippen LogP contribution < -0.4 is 10.5 Å². The molecule has 0 aliphatic carbocycles. The quantitative estimate of drug-likeness (QED) is 0.843. The molecule has 2 rings (SSSR count). The maximum Gasteiger partial charge on any atom is 0.242 e. The largest absolute Gasteiger partial charge is 0.399 e. The number of nitrogens with two attached hydrogens (primary N) is 1. The van der Waals surface area contributed by atoms with E-state index in [0.717, 1.165) is 5.56 Å². The maximum atomic E-state index is 12.3. The third-order valence-electron chi connectivity index (χ3n) is 3.05. The van der Waals surface area contributed by atoms with Crippen molar-refractivity contribution in [3.8, 4) is 6.07 Å². The van der Waals surface area contributed by atoms with E-state index in [9.17, 15) is 8.42 Å². The van der Waals surface area contributed by atoms with Crippen LogP contribution in [0.3, 0.4) is 0 Å². The van der Waals surface area contributed by atoms with Crippen molar-refractivity contribution in [3.05, 3.63) is 59.2 Å². The zero-order chi connectivity index (χ0) is 15.5. The summed E-state index contributed by atoms with van der Waals surface area (Å²) in [4.78, 5) is -0.00565. The molecule has 0 aliphatic rings. The summed E-state index contributed by atoms with van der Waals surface area (Å²) in [5.41, 5.74) is 7.77. The summed E-state index contributed by atoms with van der Waals surface area (Å²) in [5.74, 6) is 0. The summed E-state index contributed by atoms with van der Waals surface area (Å²) in [6.07, 6.45) is 0. The molecule has 0 radical (unpaired) electrons. The Morgan fingerprint density at radius 1 is 1.24 bits per heavy atom. The van der Waals surface area contributed by atoms with E-state index in [-0.39, 0.29) is 17.0 Å². The molecule has 0 saturated heterocycles. The first-order chi connectivity index (χ1) is 9.94. The van der Waals surface area contributed by atoms with Crippen molar-refractivity contribution in [1.82, 2.24) is 4.72 Å². The van der Waals surface area contributed by atoms with E-state index in [0.29, 0.717) is 11.3 Å². The fourth-order valence-electron chi connectivity index (χ4n) is 1.97. The second-order valence-corrected chi connectivity index (χ2v) is 6.36. The molecule has 0 saturated carbocycles. The number of benzene rings is 2. The van der Waals surface area contributed by atoms with Crippen molar-refractivity contribution in [2.75, 3.05) is 5.73 Å². The third-order valence-corrected chi connectivity index (χ3v) is 4.50. The minimum atomic E-state index is -3.75. The smallest absolute Gasteiger partial charge is 0.242 e. The molecule has 108 valence electrons. The van der Waals surface area contributed by atoms with Gasteiger partial charge >= 0.3 is 0 Å². The summed E-state index contributed by atoms with van der Waals surface area (Å²) in [5, 5.41) is 9.13. The van der Waals surface area contributed by atoms with Gasteiger partial charge in [0.2, 0.25) is 10.0 Å². The van der Waals surface area contributed by atoms with Crippen LogP contribution in [0, 0.1) is 18.3 Å². The van der Waals surface area contributed by atoms with Gasteiger partial charge in [0, 0.05) is 12.2 Å². The van der Waals surface area contributed by atoms with Gasteiger partial charge in [-0.15, -0.1) is 0 Å². The van der Waals surface area contributed by atoms with Crippen molar-refractivity contribution >= 4 is 15.7 Å². The van der Waals surface area contributed by atoms with Gasteiger partial charge in [0.25, 0.3) is 0 Å². The molecule has 0 heterocycles. The molecule has 3 N–H and O–H groups in total. The zero-order valence-electron chi connectivity index (χ0n) is 11.5. The average molecular weight is 301 g/mol. The average Bonchev–Trinajstić information content (AvgIpc) is 2.45. The monoisotopic (exact) mass is 301 g/mol. The summed E-state index contributed by atoms with van der Waals surface area (Å²) >= 11 is 0. The molecule has 0 aromatic heterocycles. The second kappa shape index (κ2) is 5.95. The van der Waals surface area contributed by atoms with Gasteiger partial charge in [-0.05, 0) is 36.2 Å². The molecule has 0 fully saturated rings. The molecule has 0 amide bonds. The molecule has 0 aliphatic heterocycles. The molecule has 0 unspecified atom stereocenters. The Balaban J connectivity index is 2.28. The standard InChI is InChI=1S/C15H15N3O2S/c1-11-4-2-7-15(14(11)9-16)21(19,20)18-10-12-5-3-6-13(17)8-12/h2-8,18H,10,17H2,1H3. The number of anilines is 1. The number of aryl methyl sites for hydroxylation is 1. The van der Waals surface area contributed by atoms with E-state index in [1.807, 2.05) is 6.07 Å². The fraction of sp³-hybridized carbons (Fsp3) is 0.133. The van der Waals surface area contributed by atoms with Crippen LogP contribution in [0.1, 0.15) is 16.7 Å². The van der Waals surface area contributed by atoms with E-state index in [4.69, 9.17) is 11.0 Å². The van der Waals surface area contributed by atoms with Crippen LogP contribution in [0.15, 0.2) is 47.4 Å². The molecule has 2 aromatic rings. The first-order valence-corrected chi connectivity index (χ1v) is 7.76. The normalized spacial score (nSPS) is 11.0. The topological polar surface area (TPSA) is 96.0 Å². The van der Waals surface area contributed by atoms with Gasteiger partial charge in [0.05, 0.1) is 5.56 Å². The lowest BCUT2D eigenvalue weighted by Crippen LogP contribution is -2.24. The predicted octanol–water partition coefficient (Wildman–Crippen LogP) is 1.93. The highest BCUT2D eigenvalue weighted by molar-refractivity contribution is 7.89. The Labute approximate surface area is 124 Å². The Morgan fingerprint density at radius 2 is 1.95 bits per heavy atom. The minimum Gasteiger partial charge on any atom is -0.399 e. The van der Waals surface area contributed by atoms with E-state index >= 15 is 0 Å². The van der Waals surface area contributed by atoms with Crippen LogP contribution in [-0.4, -0.2) is 8.42 Å². The predicted molar refractivity (Wildman–Crippen MR) is 80.8 cm³/mol. The van der Waals surface area contributed by atoms with E-state index in [2.05, 4.69) is 4.72 Å². The Hall–Kier alpha value is -2.36. The van der Waals surface area contributed by atoms with Crippen molar-refractivity contribution in [2.45, 2.75) is 18.4 Å². The lowest BCUT2D eigenvalue weighted by molar-refractivity contribution is 0.581. The van der Waals surface area contributed by atoms with Crippen LogP contribution in [-0.2, 0) is 16.6 Å². The number of rotatable bonds is 4. The number of nitrogens with one attached hydrogen (secondary N) is 1. The Bertz CT molecular complexity index is 808. The molecule has 6 heteroatoms. The first-order valence-electron chi connectivity index (χ1n) is 6.28. The van der Waals surface area contributed by atoms with Gasteiger partial charge in [-0.3, -0.25) is 0 Å². The second-order valence-electron chi connectivity index (χ2n) is 4.63. The van der Waals surface area contributed by atoms with Gasteiger partial charge in [-0.25, -0.2) is 13.1 Å². The van der Waals surface area contributed by atoms with E-state index in [1.165, 1.54) is 6.07 Å². The van der Waals surface area contributed by atoms with E-state index < -0.39 is 10.0 Å². The van der Waals surface area contributed by atoms with Crippen LogP contribution in [0.5, 0.6) is 0 Å². The number of hydrogen-bond acceptors (Lipinski definition) is 4. The van der Waals surface area contributed by atoms with Gasteiger partial charge in [-0.2, -0.15) is 5.26 Å². The van der Waals surface area contributed by atoms with Gasteiger partial charge in [0.15, 0.2) is 0 Å². The summed E-state index contributed by atoms with van der Waals surface area (Å²) in [7, 11) is -3.75. The zero-order valence-corrected chi connectivity index (χ0v) is 12.3. The number of hydrogen-bond donors (Lipinski definition) is 2. The fourth-order valence-corrected chi connectivity index (χ4v) is 3.21. The van der Waals surface area contributed by atoms with Crippen LogP contribution in [0.2, 0.25) is 0 Å². The highest BCUT2D eigenvalue weighted by Crippen LogP contribution is 2.18. The van der Waals surface area contributed by atoms with E-state index in [1.54, 1.807) is 43.3 Å². The lowest BCUT2D eigenvalue weighted by atomic mass is 10.1. The minimum absolute atomic E-state index is 0.00565.